The van der Waals surface area contributed by atoms with E-state index in [1.54, 1.807) is 23.5 Å². The lowest BCUT2D eigenvalue weighted by atomic mass is 10.2. The molecule has 9 nitrogen and oxygen atoms in total. The van der Waals surface area contributed by atoms with E-state index in [0.717, 1.165) is 10.4 Å². The van der Waals surface area contributed by atoms with Gasteiger partial charge in [-0.3, -0.25) is 9.89 Å². The number of hydrogen-bond acceptors (Lipinski definition) is 8. The smallest absolute Gasteiger partial charge is 0.243 e. The summed E-state index contributed by atoms with van der Waals surface area (Å²) in [6.45, 7) is 3.20. The van der Waals surface area contributed by atoms with Gasteiger partial charge in [-0.05, 0) is 36.1 Å². The Kier molecular flexibility index (Phi) is 6.72. The first-order valence-electron chi connectivity index (χ1n) is 9.51. The fraction of sp³-hybridized carbons (Fsp3) is 0.316. The van der Waals surface area contributed by atoms with E-state index in [0.29, 0.717) is 43.0 Å². The quantitative estimate of drug-likeness (QED) is 0.500. The highest BCUT2D eigenvalue weighted by molar-refractivity contribution is 7.99. The molecule has 3 aromatic rings. The van der Waals surface area contributed by atoms with Crippen LogP contribution in [0.2, 0.25) is 0 Å². The molecule has 0 saturated carbocycles. The number of hydrogen-bond donors (Lipinski definition) is 2. The predicted octanol–water partition coefficient (Wildman–Crippen LogP) is 2.59. The van der Waals surface area contributed by atoms with Crippen molar-refractivity contribution in [2.45, 2.75) is 17.0 Å². The maximum Gasteiger partial charge on any atom is 0.243 e. The van der Waals surface area contributed by atoms with Crippen LogP contribution in [0.3, 0.4) is 0 Å². The fourth-order valence-electron chi connectivity index (χ4n) is 2.98. The highest BCUT2D eigenvalue weighted by atomic mass is 32.2. The van der Waals surface area contributed by atoms with Crippen LogP contribution in [0.15, 0.2) is 45.8 Å². The molecule has 12 heteroatoms. The Balaban J connectivity index is 1.40. The summed E-state index contributed by atoms with van der Waals surface area (Å²) in [5.41, 5.74) is 1.24. The van der Waals surface area contributed by atoms with Crippen LogP contribution in [0.5, 0.6) is 0 Å². The molecule has 31 heavy (non-hydrogen) atoms. The molecule has 1 saturated heterocycles. The van der Waals surface area contributed by atoms with Crippen LogP contribution in [0.1, 0.15) is 5.56 Å². The zero-order chi connectivity index (χ0) is 21.8. The lowest BCUT2D eigenvalue weighted by Crippen LogP contribution is -2.40. The summed E-state index contributed by atoms with van der Waals surface area (Å²) in [4.78, 5) is 18.0. The molecule has 1 amide bonds. The topological polar surface area (TPSA) is 117 Å². The van der Waals surface area contributed by atoms with Crippen LogP contribution in [-0.4, -0.2) is 65.9 Å². The Labute approximate surface area is 188 Å². The zero-order valence-electron chi connectivity index (χ0n) is 16.7. The van der Waals surface area contributed by atoms with Crippen LogP contribution in [0, 0.1) is 6.92 Å². The third-order valence-electron chi connectivity index (χ3n) is 4.64. The van der Waals surface area contributed by atoms with Crippen molar-refractivity contribution < 1.29 is 17.9 Å². The van der Waals surface area contributed by atoms with Crippen molar-refractivity contribution in [3.63, 3.8) is 0 Å². The largest absolute Gasteiger partial charge is 0.379 e. The fourth-order valence-corrected chi connectivity index (χ4v) is 5.68. The van der Waals surface area contributed by atoms with Crippen molar-refractivity contribution in [3.05, 3.63) is 41.3 Å². The Bertz CT molecular complexity index is 1160. The van der Waals surface area contributed by atoms with Crippen LogP contribution in [0.25, 0.3) is 10.7 Å². The predicted molar refractivity (Wildman–Crippen MR) is 120 cm³/mol. The average molecular weight is 480 g/mol. The van der Waals surface area contributed by atoms with E-state index < -0.39 is 10.0 Å². The van der Waals surface area contributed by atoms with E-state index >= 15 is 0 Å². The maximum absolute atomic E-state index is 12.9. The Morgan fingerprint density at radius 2 is 2.13 bits per heavy atom. The van der Waals surface area contributed by atoms with Crippen molar-refractivity contribution in [3.8, 4) is 10.7 Å². The Morgan fingerprint density at radius 3 is 2.87 bits per heavy atom. The minimum absolute atomic E-state index is 0.0988. The van der Waals surface area contributed by atoms with Crippen molar-refractivity contribution in [1.82, 2.24) is 19.5 Å². The molecule has 0 bridgehead atoms. The number of carbonyl (C=O) groups excluding carboxylic acids is 1. The Morgan fingerprint density at radius 1 is 1.32 bits per heavy atom. The number of rotatable bonds is 7. The maximum atomic E-state index is 12.9. The third kappa shape index (κ3) is 5.15. The van der Waals surface area contributed by atoms with Gasteiger partial charge in [0.05, 0.1) is 28.7 Å². The van der Waals surface area contributed by atoms with Gasteiger partial charge in [-0.15, -0.1) is 16.4 Å². The summed E-state index contributed by atoms with van der Waals surface area (Å²) in [5.74, 6) is 0.494. The molecule has 164 valence electrons. The molecular weight excluding hydrogens is 458 g/mol. The molecule has 4 rings (SSSR count). The van der Waals surface area contributed by atoms with E-state index in [-0.39, 0.29) is 16.6 Å². The lowest BCUT2D eigenvalue weighted by molar-refractivity contribution is -0.113. The van der Waals surface area contributed by atoms with Crippen LogP contribution < -0.4 is 5.32 Å². The second kappa shape index (κ2) is 9.49. The number of aryl methyl sites for hydroxylation is 1. The summed E-state index contributed by atoms with van der Waals surface area (Å²) in [5, 5.41) is 12.2. The molecule has 0 aliphatic carbocycles. The van der Waals surface area contributed by atoms with Crippen molar-refractivity contribution in [1.29, 1.82) is 0 Å². The van der Waals surface area contributed by atoms with E-state index in [4.69, 9.17) is 4.74 Å². The number of anilines is 1. The number of amides is 1. The summed E-state index contributed by atoms with van der Waals surface area (Å²) in [7, 11) is -3.64. The van der Waals surface area contributed by atoms with Gasteiger partial charge >= 0.3 is 0 Å². The van der Waals surface area contributed by atoms with Crippen molar-refractivity contribution in [2.75, 3.05) is 37.4 Å². The number of thiophene rings is 1. The number of aromatic nitrogens is 3. The van der Waals surface area contributed by atoms with Gasteiger partial charge in [0.25, 0.3) is 0 Å². The first kappa shape index (κ1) is 22.0. The SMILES string of the molecule is Cc1ccc(S(=O)(=O)N2CCOCC2)cc1NC(=O)CSc1n[nH]c(-c2cccs2)n1. The number of nitrogens with zero attached hydrogens (tertiary/aromatic N) is 3. The third-order valence-corrected chi connectivity index (χ3v) is 8.26. The number of morpholine rings is 1. The lowest BCUT2D eigenvalue weighted by Gasteiger charge is -2.26. The molecule has 1 aromatic carbocycles. The van der Waals surface area contributed by atoms with E-state index in [1.165, 1.54) is 22.1 Å². The van der Waals surface area contributed by atoms with Crippen LogP contribution >= 0.6 is 23.1 Å². The number of carbonyl (C=O) groups is 1. The molecule has 2 aromatic heterocycles. The normalized spacial score (nSPS) is 15.1. The number of ether oxygens (including phenoxy) is 1. The van der Waals surface area contributed by atoms with E-state index in [9.17, 15) is 13.2 Å². The zero-order valence-corrected chi connectivity index (χ0v) is 19.1. The molecule has 2 N–H and O–H groups in total. The average Bonchev–Trinajstić information content (AvgIpc) is 3.46. The molecule has 0 spiro atoms. The molecule has 0 radical (unpaired) electrons. The van der Waals surface area contributed by atoms with E-state index in [1.807, 2.05) is 24.4 Å². The number of thioether (sulfide) groups is 1. The van der Waals surface area contributed by atoms with Crippen molar-refractivity contribution >= 4 is 44.7 Å². The summed E-state index contributed by atoms with van der Waals surface area (Å²) in [6, 6.07) is 8.62. The first-order valence-corrected chi connectivity index (χ1v) is 12.8. The molecule has 0 unspecified atom stereocenters. The van der Waals surface area contributed by atoms with Gasteiger partial charge in [0.15, 0.2) is 5.82 Å². The highest BCUT2D eigenvalue weighted by Crippen LogP contribution is 2.25. The van der Waals surface area contributed by atoms with E-state index in [2.05, 4.69) is 20.5 Å². The summed E-state index contributed by atoms with van der Waals surface area (Å²) >= 11 is 2.75. The number of benzene rings is 1. The van der Waals surface area contributed by atoms with Gasteiger partial charge in [-0.2, -0.15) is 4.31 Å². The number of H-pyrrole nitrogens is 1. The highest BCUT2D eigenvalue weighted by Gasteiger charge is 2.27. The second-order valence-electron chi connectivity index (χ2n) is 6.77. The standard InChI is InChI=1S/C19H21N5O4S3/c1-13-4-5-14(31(26,27)24-6-8-28-9-7-24)11-15(13)20-17(25)12-30-19-21-18(22-23-19)16-3-2-10-29-16/h2-5,10-11H,6-9,12H2,1H3,(H,20,25)(H,21,22,23). The van der Waals surface area contributed by atoms with Crippen molar-refractivity contribution in [2.24, 2.45) is 0 Å². The van der Waals surface area contributed by atoms with Gasteiger partial charge in [0, 0.05) is 18.8 Å². The minimum atomic E-state index is -3.64. The molecule has 1 fully saturated rings. The molecule has 1 aliphatic rings. The number of sulfonamides is 1. The first-order chi connectivity index (χ1) is 14.9. The minimum Gasteiger partial charge on any atom is -0.379 e. The molecule has 0 atom stereocenters. The number of aromatic amines is 1. The molecular formula is C19H21N5O4S3. The summed E-state index contributed by atoms with van der Waals surface area (Å²) < 4.78 is 32.4. The monoisotopic (exact) mass is 479 g/mol. The Hall–Kier alpha value is -2.25. The van der Waals surface area contributed by atoms with Crippen LogP contribution in [-0.2, 0) is 19.6 Å². The second-order valence-corrected chi connectivity index (χ2v) is 10.6. The van der Waals surface area contributed by atoms with Crippen LogP contribution in [0.4, 0.5) is 5.69 Å². The van der Waals surface area contributed by atoms with Gasteiger partial charge in [0.1, 0.15) is 0 Å². The van der Waals surface area contributed by atoms with Gasteiger partial charge in [0.2, 0.25) is 21.1 Å². The molecule has 3 heterocycles. The van der Waals surface area contributed by atoms with Gasteiger partial charge in [-0.1, -0.05) is 23.9 Å². The molecule has 1 aliphatic heterocycles. The summed E-state index contributed by atoms with van der Waals surface area (Å²) in [6.07, 6.45) is 0. The number of nitrogens with one attached hydrogen (secondary N) is 2. The van der Waals surface area contributed by atoms with Gasteiger partial charge < -0.3 is 10.1 Å². The van der Waals surface area contributed by atoms with Gasteiger partial charge in [-0.25, -0.2) is 13.4 Å².